The molecule has 3 N–H and O–H groups in total. The van der Waals surface area contributed by atoms with Crippen molar-refractivity contribution in [3.63, 3.8) is 0 Å². The third-order valence-corrected chi connectivity index (χ3v) is 14.3. The third-order valence-electron chi connectivity index (χ3n) is 14.3. The highest BCUT2D eigenvalue weighted by atomic mass is 16.6. The Labute approximate surface area is 226 Å². The van der Waals surface area contributed by atoms with Crippen LogP contribution in [-0.2, 0) is 9.47 Å². The topological polar surface area (TPSA) is 79.2 Å². The van der Waals surface area contributed by atoms with Gasteiger partial charge >= 0.3 is 0 Å². The number of hydrogen-bond acceptors (Lipinski definition) is 5. The molecule has 4 saturated carbocycles. The smallest absolute Gasteiger partial charge is 0.111 e. The molecular formula is C32H56O5. The molecule has 0 aromatic carbocycles. The van der Waals surface area contributed by atoms with Gasteiger partial charge in [0.05, 0.1) is 30.0 Å². The zero-order chi connectivity index (χ0) is 27.6. The molecule has 4 aliphatic carbocycles. The van der Waals surface area contributed by atoms with E-state index in [4.69, 9.17) is 9.47 Å². The largest absolute Gasteiger partial charge is 0.393 e. The van der Waals surface area contributed by atoms with E-state index >= 15 is 0 Å². The number of rotatable bonds is 3. The van der Waals surface area contributed by atoms with Gasteiger partial charge in [-0.3, -0.25) is 0 Å². The lowest BCUT2D eigenvalue weighted by atomic mass is 9.32. The number of ether oxygens (including phenoxy) is 2. The minimum Gasteiger partial charge on any atom is -0.393 e. The molecule has 1 aliphatic heterocycles. The molecule has 37 heavy (non-hydrogen) atoms. The molecule has 0 amide bonds. The minimum absolute atomic E-state index is 0.00412. The maximum atomic E-state index is 12.3. The normalized spacial score (nSPS) is 56.0. The van der Waals surface area contributed by atoms with Crippen LogP contribution in [0.3, 0.4) is 0 Å². The first-order valence-corrected chi connectivity index (χ1v) is 15.2. The zero-order valence-electron chi connectivity index (χ0n) is 25.3. The lowest BCUT2D eigenvalue weighted by molar-refractivity contribution is -0.256. The summed E-state index contributed by atoms with van der Waals surface area (Å²) in [6.07, 6.45) is 5.64. The van der Waals surface area contributed by atoms with Crippen LogP contribution in [0.4, 0.5) is 0 Å². The molecule has 0 spiro atoms. The van der Waals surface area contributed by atoms with E-state index in [1.807, 2.05) is 0 Å². The molecule has 5 nitrogen and oxygen atoms in total. The van der Waals surface area contributed by atoms with Gasteiger partial charge in [0.2, 0.25) is 0 Å². The van der Waals surface area contributed by atoms with Crippen molar-refractivity contribution in [2.45, 2.75) is 143 Å². The first kappa shape index (κ1) is 28.3. The fraction of sp³-hybridized carbons (Fsp3) is 1.00. The van der Waals surface area contributed by atoms with Crippen molar-refractivity contribution in [1.82, 2.24) is 0 Å². The second-order valence-corrected chi connectivity index (χ2v) is 16.2. The summed E-state index contributed by atoms with van der Waals surface area (Å²) in [7, 11) is 1.66. The monoisotopic (exact) mass is 520 g/mol. The lowest BCUT2D eigenvalue weighted by Gasteiger charge is -2.72. The van der Waals surface area contributed by atoms with Crippen molar-refractivity contribution in [3.05, 3.63) is 0 Å². The van der Waals surface area contributed by atoms with Crippen LogP contribution in [0, 0.1) is 50.7 Å². The van der Waals surface area contributed by atoms with E-state index in [9.17, 15) is 15.3 Å². The van der Waals surface area contributed by atoms with Crippen molar-refractivity contribution in [1.29, 1.82) is 0 Å². The standard InChI is InChI=1S/C32H56O5/c1-18-17-19(26(36-10)28(4,5)35)37-24-23(18)31(8)16-15-30(7)21(32(31,9)25(24)34)12-11-20-27(2,3)22(33)13-14-29(20,30)6/h18-26,33-35H,11-17H2,1-10H3/t18-,19-,20+,21-,22+,23?,24+,25+,26+,29+,30-,31-,32-/m1/s1. The maximum absolute atomic E-state index is 12.3. The molecule has 13 atom stereocenters. The van der Waals surface area contributed by atoms with E-state index < -0.39 is 17.8 Å². The summed E-state index contributed by atoms with van der Waals surface area (Å²) < 4.78 is 12.6. The van der Waals surface area contributed by atoms with Gasteiger partial charge in [-0.25, -0.2) is 0 Å². The molecule has 0 aromatic rings. The molecule has 214 valence electrons. The van der Waals surface area contributed by atoms with E-state index in [2.05, 4.69) is 48.5 Å². The highest BCUT2D eigenvalue weighted by molar-refractivity contribution is 5.25. The Hall–Kier alpha value is -0.200. The van der Waals surface area contributed by atoms with Gasteiger partial charge in [-0.1, -0.05) is 48.5 Å². The van der Waals surface area contributed by atoms with Crippen molar-refractivity contribution in [2.75, 3.05) is 7.11 Å². The summed E-state index contributed by atoms with van der Waals surface area (Å²) in [6, 6.07) is 0. The SMILES string of the molecule is CO[C@@H]([C@H]1C[C@@H](C)C2[C@H](O1)[C@H](O)[C@@]1(C)[C@@H]3CC[C@H]4C(C)(C)[C@@H](O)CC[C@]4(C)[C@]3(C)CC[C@]21C)C(C)(C)O. The van der Waals surface area contributed by atoms with Gasteiger partial charge in [-0.15, -0.1) is 0 Å². The summed E-state index contributed by atoms with van der Waals surface area (Å²) in [4.78, 5) is 0. The van der Waals surface area contributed by atoms with Crippen LogP contribution in [0.2, 0.25) is 0 Å². The second-order valence-electron chi connectivity index (χ2n) is 16.2. The average molecular weight is 521 g/mol. The molecule has 1 unspecified atom stereocenters. The van der Waals surface area contributed by atoms with Crippen LogP contribution in [-0.4, -0.2) is 58.6 Å². The molecular weight excluding hydrogens is 464 g/mol. The highest BCUT2D eigenvalue weighted by Gasteiger charge is 2.77. The van der Waals surface area contributed by atoms with Crippen LogP contribution in [0.25, 0.3) is 0 Å². The number of methoxy groups -OCH3 is 1. The van der Waals surface area contributed by atoms with Crippen LogP contribution >= 0.6 is 0 Å². The van der Waals surface area contributed by atoms with E-state index in [0.717, 1.165) is 38.5 Å². The van der Waals surface area contributed by atoms with Gasteiger partial charge in [0.15, 0.2) is 0 Å². The molecule has 5 rings (SSSR count). The summed E-state index contributed by atoms with van der Waals surface area (Å²) >= 11 is 0. The quantitative estimate of drug-likeness (QED) is 0.453. The Bertz CT molecular complexity index is 896. The van der Waals surface area contributed by atoms with Gasteiger partial charge in [0, 0.05) is 12.5 Å². The zero-order valence-corrected chi connectivity index (χ0v) is 25.3. The van der Waals surface area contributed by atoms with E-state index in [0.29, 0.717) is 23.7 Å². The van der Waals surface area contributed by atoms with Gasteiger partial charge in [-0.05, 0) is 104 Å². The molecule has 0 bridgehead atoms. The Morgan fingerprint density at radius 1 is 0.865 bits per heavy atom. The van der Waals surface area contributed by atoms with Gasteiger partial charge in [-0.2, -0.15) is 0 Å². The number of aliphatic hydroxyl groups excluding tert-OH is 2. The third kappa shape index (κ3) is 3.39. The minimum atomic E-state index is -1.01. The first-order valence-electron chi connectivity index (χ1n) is 15.2. The number of fused-ring (bicyclic) bond motifs is 7. The van der Waals surface area contributed by atoms with Gasteiger partial charge in [0.1, 0.15) is 6.10 Å². The molecule has 5 heteroatoms. The fourth-order valence-electron chi connectivity index (χ4n) is 12.0. The lowest BCUT2D eigenvalue weighted by Crippen LogP contribution is -2.67. The number of hydrogen-bond donors (Lipinski definition) is 3. The van der Waals surface area contributed by atoms with Crippen molar-refractivity contribution >= 4 is 0 Å². The Morgan fingerprint density at radius 3 is 2.03 bits per heavy atom. The Kier molecular flexibility index (Phi) is 6.44. The molecule has 0 aromatic heterocycles. The van der Waals surface area contributed by atoms with Gasteiger partial charge < -0.3 is 24.8 Å². The van der Waals surface area contributed by atoms with E-state index in [1.54, 1.807) is 21.0 Å². The summed E-state index contributed by atoms with van der Waals surface area (Å²) in [5.41, 5.74) is -1.09. The molecule has 1 heterocycles. The van der Waals surface area contributed by atoms with Crippen LogP contribution in [0.5, 0.6) is 0 Å². The summed E-state index contributed by atoms with van der Waals surface area (Å²) in [6.45, 7) is 20.4. The predicted molar refractivity (Wildman–Crippen MR) is 146 cm³/mol. The molecule has 5 aliphatic rings. The van der Waals surface area contributed by atoms with Gasteiger partial charge in [0.25, 0.3) is 0 Å². The average Bonchev–Trinajstić information content (AvgIpc) is 2.96. The molecule has 0 radical (unpaired) electrons. The van der Waals surface area contributed by atoms with Crippen molar-refractivity contribution in [3.8, 4) is 0 Å². The van der Waals surface area contributed by atoms with E-state index in [1.165, 1.54) is 6.42 Å². The highest BCUT2D eigenvalue weighted by Crippen LogP contribution is 2.79. The van der Waals surface area contributed by atoms with Crippen LogP contribution in [0.15, 0.2) is 0 Å². The number of aliphatic hydroxyl groups is 3. The van der Waals surface area contributed by atoms with Crippen molar-refractivity contribution < 1.29 is 24.8 Å². The molecule has 5 fully saturated rings. The van der Waals surface area contributed by atoms with Crippen LogP contribution < -0.4 is 0 Å². The second kappa shape index (κ2) is 8.41. The first-order chi connectivity index (χ1) is 16.9. The van der Waals surface area contributed by atoms with Crippen molar-refractivity contribution in [2.24, 2.45) is 50.7 Å². The van der Waals surface area contributed by atoms with E-state index in [-0.39, 0.29) is 45.4 Å². The van der Waals surface area contributed by atoms with Crippen LogP contribution in [0.1, 0.15) is 107 Å². The molecule has 1 saturated heterocycles. The fourth-order valence-corrected chi connectivity index (χ4v) is 12.0. The predicted octanol–water partition coefficient (Wildman–Crippen LogP) is 5.58. The Morgan fingerprint density at radius 2 is 1.43 bits per heavy atom. The Balaban J connectivity index is 1.54. The summed E-state index contributed by atoms with van der Waals surface area (Å²) in [5, 5.41) is 34.2. The summed E-state index contributed by atoms with van der Waals surface area (Å²) in [5.74, 6) is 1.58. The maximum Gasteiger partial charge on any atom is 0.111 e.